The number of aromatic nitrogens is 2. The fourth-order valence-electron chi connectivity index (χ4n) is 2.99. The Morgan fingerprint density at radius 2 is 2.26 bits per heavy atom. The number of aryl methyl sites for hydroxylation is 2. The van der Waals surface area contributed by atoms with E-state index >= 15 is 0 Å². The lowest BCUT2D eigenvalue weighted by Crippen LogP contribution is -2.51. The molecule has 108 valence electrons. The molecule has 1 aromatic heterocycles. The molecule has 0 bridgehead atoms. The number of likely N-dealkylation sites (N-methyl/N-ethyl adjacent to an activating group) is 1. The van der Waals surface area contributed by atoms with Crippen molar-refractivity contribution in [1.29, 1.82) is 0 Å². The summed E-state index contributed by atoms with van der Waals surface area (Å²) in [7, 11) is 3.96. The number of nitrogens with zero attached hydrogens (tertiary/aromatic N) is 3. The summed E-state index contributed by atoms with van der Waals surface area (Å²) in [5.74, 6) is 0. The van der Waals surface area contributed by atoms with E-state index in [-0.39, 0.29) is 12.1 Å². The summed E-state index contributed by atoms with van der Waals surface area (Å²) < 4.78 is 7.89. The zero-order chi connectivity index (χ0) is 14.0. The lowest BCUT2D eigenvalue weighted by molar-refractivity contribution is -0.0817. The predicted molar refractivity (Wildman–Crippen MR) is 76.2 cm³/mol. The number of morpholine rings is 1. The Morgan fingerprint density at radius 1 is 1.53 bits per heavy atom. The molecule has 2 rings (SSSR count). The van der Waals surface area contributed by atoms with Gasteiger partial charge in [-0.25, -0.2) is 0 Å². The smallest absolute Gasteiger partial charge is 0.0897 e. The highest BCUT2D eigenvalue weighted by Crippen LogP contribution is 2.32. The van der Waals surface area contributed by atoms with E-state index in [9.17, 15) is 0 Å². The second kappa shape index (κ2) is 6.03. The average Bonchev–Trinajstić information content (AvgIpc) is 2.68. The zero-order valence-corrected chi connectivity index (χ0v) is 12.7. The first-order valence-corrected chi connectivity index (χ1v) is 7.06. The van der Waals surface area contributed by atoms with E-state index in [0.29, 0.717) is 6.04 Å². The minimum absolute atomic E-state index is 0.184. The summed E-state index contributed by atoms with van der Waals surface area (Å²) in [6.07, 6.45) is 2.32. The molecule has 1 aromatic rings. The maximum Gasteiger partial charge on any atom is 0.0897 e. The molecule has 0 saturated carbocycles. The van der Waals surface area contributed by atoms with E-state index in [1.54, 1.807) is 0 Å². The van der Waals surface area contributed by atoms with E-state index < -0.39 is 0 Å². The molecule has 0 radical (unpaired) electrons. The monoisotopic (exact) mass is 266 g/mol. The normalized spacial score (nSPS) is 25.2. The van der Waals surface area contributed by atoms with Crippen LogP contribution in [-0.4, -0.2) is 53.6 Å². The zero-order valence-electron chi connectivity index (χ0n) is 12.7. The summed E-state index contributed by atoms with van der Waals surface area (Å²) in [4.78, 5) is 2.52. The van der Waals surface area contributed by atoms with Crippen molar-refractivity contribution < 1.29 is 4.74 Å². The maximum atomic E-state index is 5.99. The second-order valence-electron chi connectivity index (χ2n) is 5.59. The van der Waals surface area contributed by atoms with Crippen LogP contribution in [-0.2, 0) is 11.8 Å². The third-order valence-corrected chi connectivity index (χ3v) is 3.83. The van der Waals surface area contributed by atoms with Gasteiger partial charge in [-0.3, -0.25) is 9.58 Å². The van der Waals surface area contributed by atoms with Crippen LogP contribution in [0.5, 0.6) is 0 Å². The minimum atomic E-state index is 0.184. The van der Waals surface area contributed by atoms with Crippen molar-refractivity contribution in [3.8, 4) is 0 Å². The van der Waals surface area contributed by atoms with E-state index in [2.05, 4.69) is 42.3 Å². The molecular formula is C14H26N4O. The van der Waals surface area contributed by atoms with E-state index in [0.717, 1.165) is 25.4 Å². The van der Waals surface area contributed by atoms with Gasteiger partial charge >= 0.3 is 0 Å². The van der Waals surface area contributed by atoms with Crippen molar-refractivity contribution >= 4 is 0 Å². The first-order chi connectivity index (χ1) is 9.04. The van der Waals surface area contributed by atoms with Gasteiger partial charge < -0.3 is 10.1 Å². The molecule has 1 aliphatic heterocycles. The molecule has 2 unspecified atom stereocenters. The fraction of sp³-hybridized carbons (Fsp3) is 0.786. The van der Waals surface area contributed by atoms with E-state index in [1.165, 1.54) is 5.56 Å². The first-order valence-electron chi connectivity index (χ1n) is 7.06. The van der Waals surface area contributed by atoms with Crippen molar-refractivity contribution in [3.05, 3.63) is 17.5 Å². The quantitative estimate of drug-likeness (QED) is 0.886. The highest BCUT2D eigenvalue weighted by molar-refractivity contribution is 5.22. The molecule has 19 heavy (non-hydrogen) atoms. The van der Waals surface area contributed by atoms with Crippen molar-refractivity contribution in [2.24, 2.45) is 7.05 Å². The van der Waals surface area contributed by atoms with Crippen molar-refractivity contribution in [1.82, 2.24) is 20.0 Å². The molecule has 1 fully saturated rings. The van der Waals surface area contributed by atoms with Gasteiger partial charge in [0.05, 0.1) is 24.4 Å². The summed E-state index contributed by atoms with van der Waals surface area (Å²) in [5.41, 5.74) is 2.39. The van der Waals surface area contributed by atoms with E-state index in [4.69, 9.17) is 4.74 Å². The molecular weight excluding hydrogens is 240 g/mol. The molecule has 0 aliphatic carbocycles. The molecule has 5 nitrogen and oxygen atoms in total. The molecule has 0 aromatic carbocycles. The van der Waals surface area contributed by atoms with Crippen LogP contribution < -0.4 is 5.32 Å². The molecule has 1 N–H and O–H groups in total. The lowest BCUT2D eigenvalue weighted by atomic mass is 9.97. The van der Waals surface area contributed by atoms with Crippen LogP contribution in [0.1, 0.15) is 31.1 Å². The fourth-order valence-corrected chi connectivity index (χ4v) is 2.99. The standard InChI is InChI=1S/C14H26N4O/c1-10(2)18-6-7-19-13(8-15-4)14(18)12-9-17(5)16-11(12)3/h9-10,13-15H,6-8H2,1-5H3. The number of nitrogens with one attached hydrogen (secondary N) is 1. The van der Waals surface area contributed by atoms with E-state index in [1.807, 2.05) is 18.8 Å². The van der Waals surface area contributed by atoms with Crippen LogP contribution in [0.25, 0.3) is 0 Å². The highest BCUT2D eigenvalue weighted by Gasteiger charge is 2.36. The summed E-state index contributed by atoms with van der Waals surface area (Å²) in [5, 5.41) is 7.73. The molecule has 0 amide bonds. The molecule has 2 atom stereocenters. The Labute approximate surface area is 115 Å². The van der Waals surface area contributed by atoms with Crippen LogP contribution in [0, 0.1) is 6.92 Å². The second-order valence-corrected chi connectivity index (χ2v) is 5.59. The van der Waals surface area contributed by atoms with Crippen LogP contribution >= 0.6 is 0 Å². The van der Waals surface area contributed by atoms with Gasteiger partial charge in [-0.15, -0.1) is 0 Å². The van der Waals surface area contributed by atoms with Gasteiger partial charge in [0, 0.05) is 37.9 Å². The number of ether oxygens (including phenoxy) is 1. The van der Waals surface area contributed by atoms with Crippen molar-refractivity contribution in [2.75, 3.05) is 26.7 Å². The average molecular weight is 266 g/mol. The topological polar surface area (TPSA) is 42.3 Å². The molecule has 5 heteroatoms. The Kier molecular flexibility index (Phi) is 4.60. The van der Waals surface area contributed by atoms with Gasteiger partial charge in [-0.1, -0.05) is 0 Å². The molecule has 1 saturated heterocycles. The van der Waals surface area contributed by atoms with Crippen LogP contribution in [0.2, 0.25) is 0 Å². The Morgan fingerprint density at radius 3 is 2.79 bits per heavy atom. The summed E-state index contributed by atoms with van der Waals surface area (Å²) >= 11 is 0. The van der Waals surface area contributed by atoms with Gasteiger partial charge in [0.1, 0.15) is 0 Å². The van der Waals surface area contributed by atoms with Crippen LogP contribution in [0.3, 0.4) is 0 Å². The van der Waals surface area contributed by atoms with Crippen molar-refractivity contribution in [2.45, 2.75) is 39.0 Å². The predicted octanol–water partition coefficient (Wildman–Crippen LogP) is 1.10. The summed E-state index contributed by atoms with van der Waals surface area (Å²) in [6, 6.07) is 0.794. The van der Waals surface area contributed by atoms with Crippen molar-refractivity contribution in [3.63, 3.8) is 0 Å². The maximum absolute atomic E-state index is 5.99. The first kappa shape index (κ1) is 14.5. The number of hydrogen-bond donors (Lipinski definition) is 1. The van der Waals surface area contributed by atoms with Crippen LogP contribution in [0.4, 0.5) is 0 Å². The largest absolute Gasteiger partial charge is 0.374 e. The van der Waals surface area contributed by atoms with Gasteiger partial charge in [-0.2, -0.15) is 5.10 Å². The number of hydrogen-bond acceptors (Lipinski definition) is 4. The van der Waals surface area contributed by atoms with Gasteiger partial charge in [-0.05, 0) is 27.8 Å². The molecule has 1 aliphatic rings. The van der Waals surface area contributed by atoms with Gasteiger partial charge in [0.15, 0.2) is 0 Å². The third-order valence-electron chi connectivity index (χ3n) is 3.83. The Balaban J connectivity index is 2.34. The van der Waals surface area contributed by atoms with Crippen LogP contribution in [0.15, 0.2) is 6.20 Å². The Hall–Kier alpha value is -0.910. The minimum Gasteiger partial charge on any atom is -0.374 e. The van der Waals surface area contributed by atoms with Gasteiger partial charge in [0.2, 0.25) is 0 Å². The number of rotatable bonds is 4. The Bertz CT molecular complexity index is 414. The highest BCUT2D eigenvalue weighted by atomic mass is 16.5. The molecule has 2 heterocycles. The third kappa shape index (κ3) is 2.99. The summed E-state index contributed by atoms with van der Waals surface area (Å²) in [6.45, 7) is 9.24. The van der Waals surface area contributed by atoms with Gasteiger partial charge in [0.25, 0.3) is 0 Å². The molecule has 0 spiro atoms. The lowest BCUT2D eigenvalue weighted by Gasteiger charge is -2.43. The SMILES string of the molecule is CNCC1OCCN(C(C)C)C1c1cn(C)nc1C.